The van der Waals surface area contributed by atoms with Gasteiger partial charge < -0.3 is 4.74 Å². The van der Waals surface area contributed by atoms with Gasteiger partial charge in [-0.2, -0.15) is 0 Å². The molecule has 0 bridgehead atoms. The zero-order valence-electron chi connectivity index (χ0n) is 15.3. The molecule has 1 atom stereocenters. The van der Waals surface area contributed by atoms with Crippen LogP contribution in [-0.2, 0) is 17.8 Å². The largest absolute Gasteiger partial charge is 0.487 e. The molecule has 1 aromatic heterocycles. The highest BCUT2D eigenvalue weighted by Gasteiger charge is 2.13. The van der Waals surface area contributed by atoms with E-state index in [-0.39, 0.29) is 11.7 Å². The Labute approximate surface area is 168 Å². The van der Waals surface area contributed by atoms with Crippen molar-refractivity contribution in [1.82, 2.24) is 4.98 Å². The third-order valence-corrected chi connectivity index (χ3v) is 4.89. The van der Waals surface area contributed by atoms with E-state index in [9.17, 15) is 4.79 Å². The van der Waals surface area contributed by atoms with E-state index in [4.69, 9.17) is 4.74 Å². The molecule has 4 heteroatoms. The molecule has 0 aliphatic heterocycles. The Kier molecular flexibility index (Phi) is 6.77. The summed E-state index contributed by atoms with van der Waals surface area (Å²) in [5, 5.41) is 0. The van der Waals surface area contributed by atoms with Crippen molar-refractivity contribution < 1.29 is 9.53 Å². The second-order valence-electron chi connectivity index (χ2n) is 6.64. The van der Waals surface area contributed by atoms with Gasteiger partial charge in [-0.05, 0) is 35.4 Å². The minimum Gasteiger partial charge on any atom is -0.487 e. The van der Waals surface area contributed by atoms with Crippen LogP contribution in [0.1, 0.15) is 36.1 Å². The number of carbonyl (C=O) groups excluding carboxylic acids is 1. The number of halogens is 1. The number of nitrogens with zero attached hydrogens (tertiary/aromatic N) is 1. The van der Waals surface area contributed by atoms with E-state index in [0.29, 0.717) is 19.4 Å². The highest BCUT2D eigenvalue weighted by Crippen LogP contribution is 2.21. The van der Waals surface area contributed by atoms with Crippen molar-refractivity contribution in [3.8, 4) is 5.75 Å². The molecule has 0 radical (unpaired) electrons. The molecule has 27 heavy (non-hydrogen) atoms. The number of rotatable bonds is 8. The normalized spacial score (nSPS) is 11.8. The fourth-order valence-corrected chi connectivity index (χ4v) is 3.12. The van der Waals surface area contributed by atoms with Gasteiger partial charge in [0, 0.05) is 28.9 Å². The minimum absolute atomic E-state index is 0.0797. The number of hydrogen-bond donors (Lipinski definition) is 0. The molecule has 138 valence electrons. The third-order valence-electron chi connectivity index (χ3n) is 4.36. The molecule has 0 spiro atoms. The van der Waals surface area contributed by atoms with Crippen LogP contribution in [-0.4, -0.2) is 10.8 Å². The van der Waals surface area contributed by atoms with Crippen molar-refractivity contribution in [1.29, 1.82) is 0 Å². The predicted octanol–water partition coefficient (Wildman–Crippen LogP) is 5.73. The summed E-state index contributed by atoms with van der Waals surface area (Å²) in [7, 11) is 0. The summed E-state index contributed by atoms with van der Waals surface area (Å²) < 4.78 is 6.78. The van der Waals surface area contributed by atoms with Crippen LogP contribution in [0.3, 0.4) is 0 Å². The summed E-state index contributed by atoms with van der Waals surface area (Å²) in [4.78, 5) is 16.8. The smallest absolute Gasteiger partial charge is 0.138 e. The van der Waals surface area contributed by atoms with Gasteiger partial charge in [0.15, 0.2) is 0 Å². The molecule has 0 unspecified atom stereocenters. The summed E-state index contributed by atoms with van der Waals surface area (Å²) in [6.45, 7) is 2.55. The lowest BCUT2D eigenvalue weighted by Crippen LogP contribution is -2.08. The lowest BCUT2D eigenvalue weighted by Gasteiger charge is -2.12. The molecule has 2 aromatic carbocycles. The van der Waals surface area contributed by atoms with Gasteiger partial charge in [0.05, 0.1) is 6.20 Å². The Balaban J connectivity index is 1.51. The summed E-state index contributed by atoms with van der Waals surface area (Å²) in [5.41, 5.74) is 3.06. The monoisotopic (exact) mass is 423 g/mol. The Morgan fingerprint density at radius 2 is 1.74 bits per heavy atom. The maximum atomic E-state index is 12.3. The van der Waals surface area contributed by atoms with Crippen molar-refractivity contribution in [2.24, 2.45) is 0 Å². The van der Waals surface area contributed by atoms with Gasteiger partial charge >= 0.3 is 0 Å². The topological polar surface area (TPSA) is 39.2 Å². The lowest BCUT2D eigenvalue weighted by molar-refractivity contribution is -0.118. The second-order valence-corrected chi connectivity index (χ2v) is 7.56. The molecular weight excluding hydrogens is 402 g/mol. The standard InChI is InChI=1S/C23H22BrNO2/c1-17(13-21(26)14-18-7-9-20(24)10-8-18)23-12-11-22(15-25-23)27-16-19-5-3-2-4-6-19/h2-12,15,17H,13-14,16H2,1H3/t17-/m0/s1. The van der Waals surface area contributed by atoms with Crippen LogP contribution in [0.25, 0.3) is 0 Å². The molecule has 3 rings (SSSR count). The number of pyridine rings is 1. The molecular formula is C23H22BrNO2. The first-order chi connectivity index (χ1) is 13.1. The number of ether oxygens (including phenoxy) is 1. The Hall–Kier alpha value is -2.46. The quantitative estimate of drug-likeness (QED) is 0.464. The van der Waals surface area contributed by atoms with Crippen LogP contribution in [0.4, 0.5) is 0 Å². The summed E-state index contributed by atoms with van der Waals surface area (Å²) in [6.07, 6.45) is 2.66. The third kappa shape index (κ3) is 6.04. The molecule has 3 aromatic rings. The molecule has 0 saturated carbocycles. The fourth-order valence-electron chi connectivity index (χ4n) is 2.86. The van der Waals surface area contributed by atoms with Gasteiger partial charge in [-0.25, -0.2) is 0 Å². The highest BCUT2D eigenvalue weighted by atomic mass is 79.9. The van der Waals surface area contributed by atoms with E-state index < -0.39 is 0 Å². The first-order valence-corrected chi connectivity index (χ1v) is 9.78. The summed E-state index contributed by atoms with van der Waals surface area (Å²) in [5.74, 6) is 1.03. The van der Waals surface area contributed by atoms with Gasteiger partial charge in [0.1, 0.15) is 18.1 Å². The van der Waals surface area contributed by atoms with Crippen molar-refractivity contribution >= 4 is 21.7 Å². The van der Waals surface area contributed by atoms with E-state index in [0.717, 1.165) is 27.0 Å². The van der Waals surface area contributed by atoms with Crippen LogP contribution in [0, 0.1) is 0 Å². The van der Waals surface area contributed by atoms with E-state index in [1.165, 1.54) is 0 Å². The molecule has 0 N–H and O–H groups in total. The van der Waals surface area contributed by atoms with Crippen LogP contribution in [0.5, 0.6) is 5.75 Å². The average Bonchev–Trinajstić information content (AvgIpc) is 2.69. The minimum atomic E-state index is 0.0797. The van der Waals surface area contributed by atoms with Crippen molar-refractivity contribution in [3.63, 3.8) is 0 Å². The Bertz CT molecular complexity index is 861. The SMILES string of the molecule is C[C@@H](CC(=O)Cc1ccc(Br)cc1)c1ccc(OCc2ccccc2)cn1. The summed E-state index contributed by atoms with van der Waals surface area (Å²) in [6, 6.07) is 21.8. The maximum Gasteiger partial charge on any atom is 0.138 e. The van der Waals surface area contributed by atoms with Gasteiger partial charge in [0.25, 0.3) is 0 Å². The number of hydrogen-bond acceptors (Lipinski definition) is 3. The Morgan fingerprint density at radius 1 is 1.00 bits per heavy atom. The molecule has 0 aliphatic rings. The zero-order chi connectivity index (χ0) is 19.1. The van der Waals surface area contributed by atoms with Gasteiger partial charge in [-0.1, -0.05) is 65.3 Å². The van der Waals surface area contributed by atoms with Crippen LogP contribution in [0.15, 0.2) is 77.4 Å². The molecule has 0 saturated heterocycles. The van der Waals surface area contributed by atoms with E-state index in [2.05, 4.69) is 20.9 Å². The predicted molar refractivity (Wildman–Crippen MR) is 111 cm³/mol. The van der Waals surface area contributed by atoms with Crippen molar-refractivity contribution in [2.45, 2.75) is 32.3 Å². The summed E-state index contributed by atoms with van der Waals surface area (Å²) >= 11 is 3.41. The molecule has 1 heterocycles. The number of ketones is 1. The maximum absolute atomic E-state index is 12.3. The fraction of sp³-hybridized carbons (Fsp3) is 0.217. The van der Waals surface area contributed by atoms with Gasteiger partial charge in [-0.3, -0.25) is 9.78 Å². The zero-order valence-corrected chi connectivity index (χ0v) is 16.9. The molecule has 0 amide bonds. The van der Waals surface area contributed by atoms with E-state index in [1.807, 2.05) is 73.7 Å². The van der Waals surface area contributed by atoms with E-state index in [1.54, 1.807) is 6.20 Å². The van der Waals surface area contributed by atoms with Gasteiger partial charge in [0.2, 0.25) is 0 Å². The van der Waals surface area contributed by atoms with Crippen LogP contribution >= 0.6 is 15.9 Å². The number of benzene rings is 2. The van der Waals surface area contributed by atoms with Crippen LogP contribution in [0.2, 0.25) is 0 Å². The van der Waals surface area contributed by atoms with Crippen LogP contribution < -0.4 is 4.74 Å². The van der Waals surface area contributed by atoms with E-state index >= 15 is 0 Å². The first-order valence-electron chi connectivity index (χ1n) is 8.99. The second kappa shape index (κ2) is 9.47. The lowest BCUT2D eigenvalue weighted by atomic mass is 9.97. The van der Waals surface area contributed by atoms with Crippen molar-refractivity contribution in [2.75, 3.05) is 0 Å². The number of Topliss-reactive ketones (excluding diaryl/α,β-unsaturated/α-hetero) is 1. The molecule has 0 aliphatic carbocycles. The molecule has 0 fully saturated rings. The highest BCUT2D eigenvalue weighted by molar-refractivity contribution is 9.10. The first kappa shape index (κ1) is 19.3. The van der Waals surface area contributed by atoms with Gasteiger partial charge in [-0.15, -0.1) is 0 Å². The average molecular weight is 424 g/mol. The van der Waals surface area contributed by atoms with Crippen molar-refractivity contribution in [3.05, 3.63) is 94.2 Å². The number of carbonyl (C=O) groups is 1. The number of aromatic nitrogens is 1. The Morgan fingerprint density at radius 3 is 2.41 bits per heavy atom. The molecule has 3 nitrogen and oxygen atoms in total.